The van der Waals surface area contributed by atoms with Gasteiger partial charge in [0.25, 0.3) is 5.56 Å². The van der Waals surface area contributed by atoms with Gasteiger partial charge in [-0.25, -0.2) is 4.98 Å². The van der Waals surface area contributed by atoms with E-state index in [1.165, 1.54) is 0 Å². The van der Waals surface area contributed by atoms with Gasteiger partial charge in [-0.3, -0.25) is 9.78 Å². The first-order chi connectivity index (χ1) is 7.87. The number of H-pyrrole nitrogens is 1. The molecule has 0 aromatic carbocycles. The highest BCUT2D eigenvalue weighted by Gasteiger charge is 2.29. The number of aromatic amines is 1. The smallest absolute Gasteiger partial charge is 0.343 e. The van der Waals surface area contributed by atoms with Crippen LogP contribution in [0.3, 0.4) is 0 Å². The lowest BCUT2D eigenvalue weighted by molar-refractivity contribution is -0.127. The molecule has 1 aromatic heterocycles. The fourth-order valence-corrected chi connectivity index (χ4v) is 1.44. The first-order valence-corrected chi connectivity index (χ1v) is 5.27. The Kier molecular flexibility index (Phi) is 4.14. The largest absolute Gasteiger partial charge is 0.393 e. The van der Waals surface area contributed by atoms with Gasteiger partial charge in [-0.15, -0.1) is 0 Å². The van der Waals surface area contributed by atoms with Crippen LogP contribution >= 0.6 is 0 Å². The van der Waals surface area contributed by atoms with Crippen LogP contribution < -0.4 is 10.5 Å². The van der Waals surface area contributed by atoms with Gasteiger partial charge < -0.3 is 4.90 Å². The molecule has 0 aliphatic heterocycles. The zero-order chi connectivity index (χ0) is 13.1. The number of rotatable bonds is 4. The van der Waals surface area contributed by atoms with Crippen molar-refractivity contribution >= 4 is 5.95 Å². The van der Waals surface area contributed by atoms with Gasteiger partial charge in [0.1, 0.15) is 0 Å². The van der Waals surface area contributed by atoms with Gasteiger partial charge in [-0.1, -0.05) is 0 Å². The maximum absolute atomic E-state index is 12.1. The Balaban J connectivity index is 2.98. The molecular weight excluding hydrogens is 235 g/mol. The van der Waals surface area contributed by atoms with E-state index >= 15 is 0 Å². The van der Waals surface area contributed by atoms with E-state index in [9.17, 15) is 18.0 Å². The van der Waals surface area contributed by atoms with Crippen LogP contribution in [0.4, 0.5) is 19.1 Å². The molecule has 0 saturated carbocycles. The van der Waals surface area contributed by atoms with E-state index in [0.717, 1.165) is 6.20 Å². The predicted octanol–water partition coefficient (Wildman–Crippen LogP) is 1.72. The van der Waals surface area contributed by atoms with E-state index in [1.54, 1.807) is 4.90 Å². The number of nitrogens with zero attached hydrogens (tertiary/aromatic N) is 2. The Morgan fingerprint density at radius 1 is 1.35 bits per heavy atom. The van der Waals surface area contributed by atoms with Gasteiger partial charge in [-0.05, 0) is 13.8 Å². The topological polar surface area (TPSA) is 49.0 Å². The van der Waals surface area contributed by atoms with Crippen molar-refractivity contribution in [3.8, 4) is 0 Å². The molecule has 96 valence electrons. The normalized spacial score (nSPS) is 11.6. The van der Waals surface area contributed by atoms with E-state index in [2.05, 4.69) is 9.97 Å². The van der Waals surface area contributed by atoms with Crippen LogP contribution in [0.25, 0.3) is 0 Å². The molecule has 0 aliphatic carbocycles. The molecule has 0 amide bonds. The predicted molar refractivity (Wildman–Crippen MR) is 58.2 cm³/mol. The summed E-state index contributed by atoms with van der Waals surface area (Å²) in [6, 6.07) is 0. The second kappa shape index (κ2) is 5.20. The number of hydrogen-bond donors (Lipinski definition) is 1. The number of halogens is 3. The van der Waals surface area contributed by atoms with Crippen LogP contribution in [0.1, 0.15) is 19.4 Å². The number of aromatic nitrogens is 2. The van der Waals surface area contributed by atoms with E-state index in [0.29, 0.717) is 19.0 Å². The minimum atomic E-state index is -4.40. The van der Waals surface area contributed by atoms with Crippen LogP contribution in [0.5, 0.6) is 0 Å². The maximum Gasteiger partial charge on any atom is 0.393 e. The molecule has 0 aliphatic rings. The van der Waals surface area contributed by atoms with Gasteiger partial charge >= 0.3 is 6.18 Å². The molecule has 0 fully saturated rings. The molecule has 17 heavy (non-hydrogen) atoms. The lowest BCUT2D eigenvalue weighted by Gasteiger charge is -2.18. The summed E-state index contributed by atoms with van der Waals surface area (Å²) >= 11 is 0. The number of hydrogen-bond acceptors (Lipinski definition) is 3. The zero-order valence-corrected chi connectivity index (χ0v) is 9.64. The van der Waals surface area contributed by atoms with Gasteiger partial charge in [0.05, 0.1) is 6.42 Å². The molecular formula is C10H14F3N3O. The fraction of sp³-hybridized carbons (Fsp3) is 0.600. The van der Waals surface area contributed by atoms with Gasteiger partial charge in [0, 0.05) is 24.8 Å². The molecule has 0 bridgehead atoms. The summed E-state index contributed by atoms with van der Waals surface area (Å²) in [5, 5.41) is 0. The molecule has 0 atom stereocenters. The van der Waals surface area contributed by atoms with E-state index in [4.69, 9.17) is 0 Å². The minimum Gasteiger partial charge on any atom is -0.343 e. The average Bonchev–Trinajstić information content (AvgIpc) is 2.22. The third-order valence-corrected chi connectivity index (χ3v) is 2.31. The molecule has 4 nitrogen and oxygen atoms in total. The highest BCUT2D eigenvalue weighted by molar-refractivity contribution is 5.29. The number of anilines is 1. The van der Waals surface area contributed by atoms with Crippen LogP contribution in [0.2, 0.25) is 0 Å². The summed E-state index contributed by atoms with van der Waals surface area (Å²) in [6.45, 7) is 4.98. The van der Waals surface area contributed by atoms with Crippen molar-refractivity contribution in [2.75, 3.05) is 18.0 Å². The molecule has 1 heterocycles. The molecule has 1 N–H and O–H groups in total. The Bertz CT molecular complexity index is 424. The van der Waals surface area contributed by atoms with Crippen LogP contribution in [0.15, 0.2) is 11.0 Å². The minimum absolute atomic E-state index is 0.297. The van der Waals surface area contributed by atoms with Crippen LogP contribution in [-0.2, 0) is 6.42 Å². The summed E-state index contributed by atoms with van der Waals surface area (Å²) < 4.78 is 36.4. The lowest BCUT2D eigenvalue weighted by Crippen LogP contribution is -2.28. The third-order valence-electron chi connectivity index (χ3n) is 2.31. The number of alkyl halides is 3. The maximum atomic E-state index is 12.1. The molecule has 7 heteroatoms. The average molecular weight is 249 g/mol. The molecule has 0 spiro atoms. The van der Waals surface area contributed by atoms with E-state index < -0.39 is 18.2 Å². The van der Waals surface area contributed by atoms with E-state index in [-0.39, 0.29) is 5.56 Å². The SMILES string of the molecule is CCN(CC)c1ncc(CC(F)(F)F)c(=O)[nH]1. The fourth-order valence-electron chi connectivity index (χ4n) is 1.44. The third kappa shape index (κ3) is 3.76. The summed E-state index contributed by atoms with van der Waals surface area (Å²) in [5.74, 6) is 0.297. The second-order valence-corrected chi connectivity index (χ2v) is 3.53. The van der Waals surface area contributed by atoms with Crippen molar-refractivity contribution in [1.82, 2.24) is 9.97 Å². The lowest BCUT2D eigenvalue weighted by atomic mass is 10.2. The van der Waals surface area contributed by atoms with Crippen molar-refractivity contribution in [2.24, 2.45) is 0 Å². The van der Waals surface area contributed by atoms with Crippen molar-refractivity contribution in [3.05, 3.63) is 22.1 Å². The number of nitrogens with one attached hydrogen (secondary N) is 1. The summed E-state index contributed by atoms with van der Waals surface area (Å²) in [6.07, 6.45) is -4.67. The van der Waals surface area contributed by atoms with Gasteiger partial charge in [0.15, 0.2) is 0 Å². The summed E-state index contributed by atoms with van der Waals surface area (Å²) in [5.41, 5.74) is -1.10. The molecule has 1 rings (SSSR count). The van der Waals surface area contributed by atoms with Crippen molar-refractivity contribution in [3.63, 3.8) is 0 Å². The first-order valence-electron chi connectivity index (χ1n) is 5.27. The molecule has 0 unspecified atom stereocenters. The Hall–Kier alpha value is -1.53. The van der Waals surface area contributed by atoms with Crippen LogP contribution in [-0.4, -0.2) is 29.2 Å². The van der Waals surface area contributed by atoms with Crippen molar-refractivity contribution < 1.29 is 13.2 Å². The Morgan fingerprint density at radius 2 is 1.94 bits per heavy atom. The summed E-state index contributed by atoms with van der Waals surface area (Å²) in [4.78, 5) is 19.4. The van der Waals surface area contributed by atoms with Crippen LogP contribution in [0, 0.1) is 0 Å². The monoisotopic (exact) mass is 249 g/mol. The Labute approximate surface area is 96.5 Å². The Morgan fingerprint density at radius 3 is 2.35 bits per heavy atom. The second-order valence-electron chi connectivity index (χ2n) is 3.53. The highest BCUT2D eigenvalue weighted by Crippen LogP contribution is 2.19. The van der Waals surface area contributed by atoms with Gasteiger partial charge in [0.2, 0.25) is 5.95 Å². The van der Waals surface area contributed by atoms with Crippen molar-refractivity contribution in [1.29, 1.82) is 0 Å². The van der Waals surface area contributed by atoms with Crippen molar-refractivity contribution in [2.45, 2.75) is 26.4 Å². The van der Waals surface area contributed by atoms with E-state index in [1.807, 2.05) is 13.8 Å². The molecule has 0 radical (unpaired) electrons. The quantitative estimate of drug-likeness (QED) is 0.883. The first kappa shape index (κ1) is 13.5. The zero-order valence-electron chi connectivity index (χ0n) is 9.64. The summed E-state index contributed by atoms with van der Waals surface area (Å²) in [7, 11) is 0. The van der Waals surface area contributed by atoms with Gasteiger partial charge in [-0.2, -0.15) is 13.2 Å². The molecule has 1 aromatic rings. The molecule has 0 saturated heterocycles. The highest BCUT2D eigenvalue weighted by atomic mass is 19.4. The standard InChI is InChI=1S/C10H14F3N3O/c1-3-16(4-2)9-14-6-7(8(17)15-9)5-10(11,12)13/h6H,3-5H2,1-2H3,(H,14,15,17).